The largest absolute Gasteiger partial charge is 0.459 e. The van der Waals surface area contributed by atoms with E-state index in [-0.39, 0.29) is 18.2 Å². The van der Waals surface area contributed by atoms with Crippen molar-refractivity contribution in [2.24, 2.45) is 0 Å². The highest BCUT2D eigenvalue weighted by Crippen LogP contribution is 2.10. The zero-order valence-corrected chi connectivity index (χ0v) is 10.7. The van der Waals surface area contributed by atoms with Gasteiger partial charge in [-0.15, -0.1) is 5.10 Å². The maximum Gasteiger partial charge on any atom is 0.287 e. The molecule has 3 aromatic rings. The van der Waals surface area contributed by atoms with E-state index in [0.717, 1.165) is 0 Å². The monoisotopic (exact) mass is 287 g/mol. The highest BCUT2D eigenvalue weighted by Gasteiger charge is 2.12. The van der Waals surface area contributed by atoms with Crippen LogP contribution in [-0.4, -0.2) is 26.1 Å². The second kappa shape index (κ2) is 5.53. The van der Waals surface area contributed by atoms with Crippen molar-refractivity contribution in [1.29, 1.82) is 0 Å². The van der Waals surface area contributed by atoms with Gasteiger partial charge < -0.3 is 9.73 Å². The molecule has 1 aromatic carbocycles. The lowest BCUT2D eigenvalue weighted by Gasteiger charge is -2.05. The van der Waals surface area contributed by atoms with Crippen LogP contribution in [0.1, 0.15) is 16.4 Å². The topological polar surface area (TPSA) is 85.8 Å². The summed E-state index contributed by atoms with van der Waals surface area (Å²) in [6, 6.07) is 9.01. The molecule has 0 aliphatic heterocycles. The number of nitrogens with one attached hydrogen (secondary N) is 1. The quantitative estimate of drug-likeness (QED) is 0.782. The number of carbonyl (C=O) groups excluding carboxylic acids is 1. The summed E-state index contributed by atoms with van der Waals surface area (Å²) in [4.78, 5) is 11.8. The van der Waals surface area contributed by atoms with E-state index >= 15 is 0 Å². The number of tetrazole rings is 1. The van der Waals surface area contributed by atoms with E-state index in [9.17, 15) is 9.18 Å². The Morgan fingerprint density at radius 1 is 1.33 bits per heavy atom. The third-order valence-corrected chi connectivity index (χ3v) is 2.74. The normalized spacial score (nSPS) is 10.5. The first kappa shape index (κ1) is 13.0. The second-order valence-electron chi connectivity index (χ2n) is 4.15. The Bertz CT molecular complexity index is 754. The first-order chi connectivity index (χ1) is 10.2. The highest BCUT2D eigenvalue weighted by atomic mass is 19.1. The molecule has 7 nitrogen and oxygen atoms in total. The third-order valence-electron chi connectivity index (χ3n) is 2.74. The summed E-state index contributed by atoms with van der Waals surface area (Å²) < 4.78 is 19.6. The summed E-state index contributed by atoms with van der Waals surface area (Å²) in [7, 11) is 0. The van der Waals surface area contributed by atoms with Crippen LogP contribution in [0.2, 0.25) is 0 Å². The molecule has 21 heavy (non-hydrogen) atoms. The molecule has 0 fully saturated rings. The van der Waals surface area contributed by atoms with Crippen LogP contribution in [-0.2, 0) is 6.54 Å². The fraction of sp³-hybridized carbons (Fsp3) is 0.0769. The second-order valence-corrected chi connectivity index (χ2v) is 4.15. The number of aromatic nitrogens is 4. The summed E-state index contributed by atoms with van der Waals surface area (Å²) in [6.07, 6.45) is 1.41. The molecule has 106 valence electrons. The van der Waals surface area contributed by atoms with Crippen LogP contribution < -0.4 is 5.32 Å². The predicted molar refractivity (Wildman–Crippen MR) is 69.0 cm³/mol. The zero-order chi connectivity index (χ0) is 14.7. The van der Waals surface area contributed by atoms with E-state index in [0.29, 0.717) is 11.5 Å². The molecular formula is C13H10FN5O2. The van der Waals surface area contributed by atoms with Gasteiger partial charge in [0, 0.05) is 0 Å². The minimum absolute atomic E-state index is 0.0864. The number of hydrogen-bond acceptors (Lipinski definition) is 5. The Hall–Kier alpha value is -3.03. The Labute approximate surface area is 118 Å². The van der Waals surface area contributed by atoms with Crippen molar-refractivity contribution < 1.29 is 13.6 Å². The van der Waals surface area contributed by atoms with Crippen LogP contribution in [0, 0.1) is 5.82 Å². The van der Waals surface area contributed by atoms with Gasteiger partial charge in [0.1, 0.15) is 5.82 Å². The van der Waals surface area contributed by atoms with Crippen LogP contribution in [0.15, 0.2) is 47.1 Å². The molecule has 0 saturated carbocycles. The van der Waals surface area contributed by atoms with Crippen LogP contribution in [0.25, 0.3) is 5.69 Å². The van der Waals surface area contributed by atoms with Gasteiger partial charge in [-0.25, -0.2) is 4.39 Å². The summed E-state index contributed by atoms with van der Waals surface area (Å²) in [5.74, 6) is -0.206. The molecular weight excluding hydrogens is 277 g/mol. The average Bonchev–Trinajstić information content (AvgIpc) is 3.16. The zero-order valence-electron chi connectivity index (χ0n) is 10.7. The molecule has 2 heterocycles. The Morgan fingerprint density at radius 2 is 2.24 bits per heavy atom. The Morgan fingerprint density at radius 3 is 3.00 bits per heavy atom. The molecule has 8 heteroatoms. The average molecular weight is 287 g/mol. The SMILES string of the molecule is O=C(NCc1nnnn1-c1cccc(F)c1)c1ccco1. The van der Waals surface area contributed by atoms with Crippen LogP contribution >= 0.6 is 0 Å². The third kappa shape index (κ3) is 2.78. The summed E-state index contributed by atoms with van der Waals surface area (Å²) in [5.41, 5.74) is 0.474. The predicted octanol–water partition coefficient (Wildman–Crippen LogP) is 1.32. The number of rotatable bonds is 4. The lowest BCUT2D eigenvalue weighted by Crippen LogP contribution is -2.24. The fourth-order valence-corrected chi connectivity index (χ4v) is 1.78. The molecule has 0 aliphatic carbocycles. The van der Waals surface area contributed by atoms with Gasteiger partial charge >= 0.3 is 0 Å². The minimum atomic E-state index is -0.395. The smallest absolute Gasteiger partial charge is 0.287 e. The maximum atomic E-state index is 13.2. The summed E-state index contributed by atoms with van der Waals surface area (Å²) >= 11 is 0. The van der Waals surface area contributed by atoms with E-state index in [1.807, 2.05) is 0 Å². The standard InChI is InChI=1S/C13H10FN5O2/c14-9-3-1-4-10(7-9)19-12(16-17-18-19)8-15-13(20)11-5-2-6-21-11/h1-7H,8H2,(H,15,20). The van der Waals surface area contributed by atoms with Gasteiger partial charge in [-0.1, -0.05) is 6.07 Å². The van der Waals surface area contributed by atoms with E-state index in [2.05, 4.69) is 20.8 Å². The molecule has 0 saturated heterocycles. The van der Waals surface area contributed by atoms with Gasteiger partial charge in [0.25, 0.3) is 5.91 Å². The summed E-state index contributed by atoms with van der Waals surface area (Å²) in [5, 5.41) is 13.7. The lowest BCUT2D eigenvalue weighted by atomic mass is 10.3. The molecule has 0 aliphatic rings. The van der Waals surface area contributed by atoms with E-state index in [1.54, 1.807) is 24.3 Å². The summed E-state index contributed by atoms with van der Waals surface area (Å²) in [6.45, 7) is 0.0864. The highest BCUT2D eigenvalue weighted by molar-refractivity contribution is 5.91. The molecule has 0 spiro atoms. The van der Waals surface area contributed by atoms with E-state index in [1.165, 1.54) is 23.1 Å². The molecule has 1 N–H and O–H groups in total. The number of furan rings is 1. The van der Waals surface area contributed by atoms with Crippen molar-refractivity contribution in [2.75, 3.05) is 0 Å². The van der Waals surface area contributed by atoms with Crippen molar-refractivity contribution in [3.05, 3.63) is 60.1 Å². The van der Waals surface area contributed by atoms with Crippen molar-refractivity contribution >= 4 is 5.91 Å². The van der Waals surface area contributed by atoms with E-state index < -0.39 is 5.82 Å². The molecule has 0 atom stereocenters. The Balaban J connectivity index is 1.76. The van der Waals surface area contributed by atoms with Gasteiger partial charge in [-0.05, 0) is 40.8 Å². The molecule has 1 amide bonds. The fourth-order valence-electron chi connectivity index (χ4n) is 1.78. The molecule has 2 aromatic heterocycles. The van der Waals surface area contributed by atoms with Gasteiger partial charge in [-0.3, -0.25) is 4.79 Å². The lowest BCUT2D eigenvalue weighted by molar-refractivity contribution is 0.0922. The van der Waals surface area contributed by atoms with Gasteiger partial charge in [-0.2, -0.15) is 4.68 Å². The van der Waals surface area contributed by atoms with Gasteiger partial charge in [0.2, 0.25) is 0 Å². The van der Waals surface area contributed by atoms with Crippen LogP contribution in [0.3, 0.4) is 0 Å². The number of hydrogen-bond donors (Lipinski definition) is 1. The van der Waals surface area contributed by atoms with Crippen molar-refractivity contribution in [3.8, 4) is 5.69 Å². The molecule has 0 radical (unpaired) electrons. The maximum absolute atomic E-state index is 13.2. The number of amides is 1. The minimum Gasteiger partial charge on any atom is -0.459 e. The van der Waals surface area contributed by atoms with Crippen LogP contribution in [0.4, 0.5) is 4.39 Å². The molecule has 0 unspecified atom stereocenters. The first-order valence-corrected chi connectivity index (χ1v) is 6.09. The number of carbonyl (C=O) groups is 1. The Kier molecular flexibility index (Phi) is 3.42. The molecule has 3 rings (SSSR count). The number of nitrogens with zero attached hydrogens (tertiary/aromatic N) is 4. The van der Waals surface area contributed by atoms with Crippen molar-refractivity contribution in [1.82, 2.24) is 25.5 Å². The van der Waals surface area contributed by atoms with E-state index in [4.69, 9.17) is 4.42 Å². The van der Waals surface area contributed by atoms with Crippen molar-refractivity contribution in [3.63, 3.8) is 0 Å². The number of benzene rings is 1. The van der Waals surface area contributed by atoms with Crippen molar-refractivity contribution in [2.45, 2.75) is 6.54 Å². The van der Waals surface area contributed by atoms with Gasteiger partial charge in [0.05, 0.1) is 18.5 Å². The van der Waals surface area contributed by atoms with Crippen LogP contribution in [0.5, 0.6) is 0 Å². The first-order valence-electron chi connectivity index (χ1n) is 6.09. The van der Waals surface area contributed by atoms with Gasteiger partial charge in [0.15, 0.2) is 11.6 Å². The molecule has 0 bridgehead atoms. The number of halogens is 1.